The number of ether oxygens (including phenoxy) is 1. The second-order valence-corrected chi connectivity index (χ2v) is 7.37. The number of rotatable bonds is 7. The van der Waals surface area contributed by atoms with E-state index in [9.17, 15) is 4.79 Å². The Morgan fingerprint density at radius 2 is 1.77 bits per heavy atom. The molecule has 2 aromatic rings. The van der Waals surface area contributed by atoms with Gasteiger partial charge in [0.1, 0.15) is 11.3 Å². The minimum Gasteiger partial charge on any atom is -0.491 e. The lowest BCUT2D eigenvalue weighted by molar-refractivity contribution is 0.102. The molecule has 4 nitrogen and oxygen atoms in total. The molecule has 0 radical (unpaired) electrons. The van der Waals surface area contributed by atoms with Crippen LogP contribution in [0.2, 0.25) is 0 Å². The highest BCUT2D eigenvalue weighted by Crippen LogP contribution is 2.34. The molecule has 0 atom stereocenters. The number of nitrogens with zero attached hydrogens (tertiary/aromatic N) is 1. The largest absolute Gasteiger partial charge is 0.491 e. The second kappa shape index (κ2) is 9.17. The average Bonchev–Trinajstić information content (AvgIpc) is 2.59. The summed E-state index contributed by atoms with van der Waals surface area (Å²) in [5, 5.41) is 3.04. The Morgan fingerprint density at radius 1 is 1.12 bits per heavy atom. The third kappa shape index (κ3) is 4.64. The molecule has 0 saturated heterocycles. The van der Waals surface area contributed by atoms with Crippen LogP contribution in [0.4, 0.5) is 5.69 Å². The van der Waals surface area contributed by atoms with Crippen LogP contribution in [0.15, 0.2) is 22.7 Å². The number of aryl methyl sites for hydroxylation is 4. The Labute approximate surface area is 164 Å². The zero-order valence-corrected chi connectivity index (χ0v) is 17.8. The second-order valence-electron chi connectivity index (χ2n) is 6.58. The summed E-state index contributed by atoms with van der Waals surface area (Å²) in [5.74, 6) is 0.383. The van der Waals surface area contributed by atoms with E-state index < -0.39 is 0 Å². The van der Waals surface area contributed by atoms with Crippen molar-refractivity contribution in [2.75, 3.05) is 11.9 Å². The third-order valence-electron chi connectivity index (χ3n) is 4.38. The van der Waals surface area contributed by atoms with Crippen molar-refractivity contribution in [1.29, 1.82) is 0 Å². The molecule has 5 heteroatoms. The highest BCUT2D eigenvalue weighted by atomic mass is 79.9. The molecule has 0 aliphatic carbocycles. The molecule has 140 valence electrons. The minimum atomic E-state index is -0.196. The lowest BCUT2D eigenvalue weighted by Crippen LogP contribution is -2.18. The molecule has 1 amide bonds. The third-order valence-corrected chi connectivity index (χ3v) is 5.32. The van der Waals surface area contributed by atoms with Gasteiger partial charge in [-0.15, -0.1) is 0 Å². The number of carbonyl (C=O) groups excluding carboxylic acids is 1. The lowest BCUT2D eigenvalue weighted by Gasteiger charge is -2.18. The van der Waals surface area contributed by atoms with Crippen molar-refractivity contribution in [3.05, 3.63) is 50.8 Å². The lowest BCUT2D eigenvalue weighted by atomic mass is 10.1. The minimum absolute atomic E-state index is 0.196. The van der Waals surface area contributed by atoms with Gasteiger partial charge in [-0.2, -0.15) is 0 Å². The standard InChI is InChI=1S/C21H27BrN2O2/c1-6-7-8-12-26-20-17(15(4)23-16(5)18(20)22)21(25)24-19-13(2)10-9-11-14(19)3/h9-11H,6-8,12H2,1-5H3,(H,24,25). The van der Waals surface area contributed by atoms with Crippen molar-refractivity contribution in [3.63, 3.8) is 0 Å². The predicted molar refractivity (Wildman–Crippen MR) is 110 cm³/mol. The first kappa shape index (κ1) is 20.4. The molecule has 0 aliphatic heterocycles. The molecule has 26 heavy (non-hydrogen) atoms. The summed E-state index contributed by atoms with van der Waals surface area (Å²) in [6.45, 7) is 10.5. The van der Waals surface area contributed by atoms with Gasteiger partial charge in [0.2, 0.25) is 0 Å². The van der Waals surface area contributed by atoms with Crippen LogP contribution in [0.1, 0.15) is 59.1 Å². The number of benzene rings is 1. The number of anilines is 1. The molecule has 0 unspecified atom stereocenters. The Balaban J connectivity index is 2.37. The number of halogens is 1. The van der Waals surface area contributed by atoms with E-state index in [2.05, 4.69) is 33.2 Å². The summed E-state index contributed by atoms with van der Waals surface area (Å²) in [7, 11) is 0. The van der Waals surface area contributed by atoms with E-state index in [-0.39, 0.29) is 5.91 Å². The van der Waals surface area contributed by atoms with E-state index in [4.69, 9.17) is 4.74 Å². The number of aromatic nitrogens is 1. The van der Waals surface area contributed by atoms with Crippen LogP contribution < -0.4 is 10.1 Å². The Hall–Kier alpha value is -1.88. The first-order valence-corrected chi connectivity index (χ1v) is 9.83. The molecular formula is C21H27BrN2O2. The number of amides is 1. The molecule has 0 fully saturated rings. The van der Waals surface area contributed by atoms with Crippen LogP contribution in [0.5, 0.6) is 5.75 Å². The van der Waals surface area contributed by atoms with Crippen molar-refractivity contribution >= 4 is 27.5 Å². The number of para-hydroxylation sites is 1. The molecule has 0 bridgehead atoms. The van der Waals surface area contributed by atoms with Gasteiger partial charge in [0.25, 0.3) is 5.91 Å². The Kier molecular flexibility index (Phi) is 7.21. The Morgan fingerprint density at radius 3 is 2.38 bits per heavy atom. The van der Waals surface area contributed by atoms with Crippen LogP contribution in [0.3, 0.4) is 0 Å². The summed E-state index contributed by atoms with van der Waals surface area (Å²) >= 11 is 3.55. The fourth-order valence-electron chi connectivity index (χ4n) is 2.91. The Bertz CT molecular complexity index is 783. The van der Waals surface area contributed by atoms with E-state index in [1.165, 1.54) is 0 Å². The van der Waals surface area contributed by atoms with Gasteiger partial charge < -0.3 is 10.1 Å². The maximum atomic E-state index is 13.1. The number of unbranched alkanes of at least 4 members (excludes halogenated alkanes) is 2. The van der Waals surface area contributed by atoms with E-state index in [1.54, 1.807) is 0 Å². The number of hydrogen-bond donors (Lipinski definition) is 1. The maximum absolute atomic E-state index is 13.1. The fourth-order valence-corrected chi connectivity index (χ4v) is 3.31. The molecular weight excluding hydrogens is 392 g/mol. The van der Waals surface area contributed by atoms with Gasteiger partial charge in [0, 0.05) is 5.69 Å². The van der Waals surface area contributed by atoms with Gasteiger partial charge in [-0.3, -0.25) is 9.78 Å². The molecule has 0 spiro atoms. The van der Waals surface area contributed by atoms with E-state index >= 15 is 0 Å². The van der Waals surface area contributed by atoms with Crippen LogP contribution in [0.25, 0.3) is 0 Å². The molecule has 1 heterocycles. The first-order chi connectivity index (χ1) is 12.4. The molecule has 2 rings (SSSR count). The topological polar surface area (TPSA) is 51.2 Å². The fraction of sp³-hybridized carbons (Fsp3) is 0.429. The van der Waals surface area contributed by atoms with Gasteiger partial charge in [-0.25, -0.2) is 0 Å². The van der Waals surface area contributed by atoms with Crippen molar-refractivity contribution in [2.24, 2.45) is 0 Å². The maximum Gasteiger partial charge on any atom is 0.261 e. The molecule has 1 aromatic carbocycles. The van der Waals surface area contributed by atoms with Crippen molar-refractivity contribution in [1.82, 2.24) is 4.98 Å². The molecule has 0 saturated carbocycles. The quantitative estimate of drug-likeness (QED) is 0.569. The van der Waals surface area contributed by atoms with Crippen LogP contribution in [-0.2, 0) is 0 Å². The summed E-state index contributed by atoms with van der Waals surface area (Å²) in [4.78, 5) is 17.6. The normalized spacial score (nSPS) is 10.7. The average molecular weight is 419 g/mol. The molecule has 1 aromatic heterocycles. The molecule has 1 N–H and O–H groups in total. The summed E-state index contributed by atoms with van der Waals surface area (Å²) in [5.41, 5.74) is 4.87. The number of hydrogen-bond acceptors (Lipinski definition) is 3. The zero-order chi connectivity index (χ0) is 19.3. The van der Waals surface area contributed by atoms with E-state index in [1.807, 2.05) is 45.9 Å². The summed E-state index contributed by atoms with van der Waals surface area (Å²) in [6.07, 6.45) is 3.19. The zero-order valence-electron chi connectivity index (χ0n) is 16.2. The van der Waals surface area contributed by atoms with Crippen LogP contribution >= 0.6 is 15.9 Å². The smallest absolute Gasteiger partial charge is 0.261 e. The van der Waals surface area contributed by atoms with E-state index in [0.29, 0.717) is 23.6 Å². The van der Waals surface area contributed by atoms with Gasteiger partial charge in [0.15, 0.2) is 0 Å². The van der Waals surface area contributed by atoms with Crippen molar-refractivity contribution in [2.45, 2.75) is 53.9 Å². The predicted octanol–water partition coefficient (Wildman–Crippen LogP) is 5.90. The molecule has 0 aliphatic rings. The van der Waals surface area contributed by atoms with Crippen LogP contribution in [0, 0.1) is 27.7 Å². The van der Waals surface area contributed by atoms with Gasteiger partial charge >= 0.3 is 0 Å². The first-order valence-electron chi connectivity index (χ1n) is 9.03. The van der Waals surface area contributed by atoms with Crippen LogP contribution in [-0.4, -0.2) is 17.5 Å². The van der Waals surface area contributed by atoms with Crippen molar-refractivity contribution < 1.29 is 9.53 Å². The van der Waals surface area contributed by atoms with Gasteiger partial charge in [-0.05, 0) is 61.2 Å². The number of carbonyl (C=O) groups is 1. The van der Waals surface area contributed by atoms with Gasteiger partial charge in [-0.1, -0.05) is 38.0 Å². The number of pyridine rings is 1. The monoisotopic (exact) mass is 418 g/mol. The van der Waals surface area contributed by atoms with Gasteiger partial charge in [0.05, 0.1) is 22.5 Å². The summed E-state index contributed by atoms with van der Waals surface area (Å²) in [6, 6.07) is 5.96. The number of nitrogens with one attached hydrogen (secondary N) is 1. The highest BCUT2D eigenvalue weighted by molar-refractivity contribution is 9.10. The highest BCUT2D eigenvalue weighted by Gasteiger charge is 2.22. The van der Waals surface area contributed by atoms with E-state index in [0.717, 1.165) is 46.2 Å². The SMILES string of the molecule is CCCCCOc1c(Br)c(C)nc(C)c1C(=O)Nc1c(C)cccc1C. The summed E-state index contributed by atoms with van der Waals surface area (Å²) < 4.78 is 6.75. The van der Waals surface area contributed by atoms with Crippen molar-refractivity contribution in [3.8, 4) is 5.75 Å².